The van der Waals surface area contributed by atoms with E-state index in [9.17, 15) is 14.9 Å². The van der Waals surface area contributed by atoms with Crippen molar-refractivity contribution < 1.29 is 19.2 Å². The Morgan fingerprint density at radius 3 is 3.00 bits per heavy atom. The average molecular weight is 317 g/mol. The predicted octanol–water partition coefficient (Wildman–Crippen LogP) is 1.84. The highest BCUT2D eigenvalue weighted by Crippen LogP contribution is 2.29. The number of alkyl carbamates (subject to hydrolysis) is 1. The smallest absolute Gasteiger partial charge is 0.407 e. The van der Waals surface area contributed by atoms with Crippen LogP contribution in [0.2, 0.25) is 0 Å². The van der Waals surface area contributed by atoms with E-state index in [-0.39, 0.29) is 18.4 Å². The van der Waals surface area contributed by atoms with Crippen LogP contribution in [0.25, 0.3) is 0 Å². The van der Waals surface area contributed by atoms with Crippen LogP contribution in [0, 0.1) is 10.1 Å². The van der Waals surface area contributed by atoms with Crippen molar-refractivity contribution in [3.63, 3.8) is 0 Å². The number of halogens is 1. The molecule has 18 heavy (non-hydrogen) atoms. The highest BCUT2D eigenvalue weighted by molar-refractivity contribution is 9.10. The van der Waals surface area contributed by atoms with Gasteiger partial charge in [-0.25, -0.2) is 4.79 Å². The van der Waals surface area contributed by atoms with Gasteiger partial charge in [0.2, 0.25) is 0 Å². The van der Waals surface area contributed by atoms with Gasteiger partial charge in [0.1, 0.15) is 12.4 Å². The topological polar surface area (TPSA) is 90.7 Å². The third-order valence-corrected chi connectivity index (χ3v) is 2.95. The summed E-state index contributed by atoms with van der Waals surface area (Å²) in [5.74, 6) is 0.340. The summed E-state index contributed by atoms with van der Waals surface area (Å²) in [7, 11) is 0. The minimum Gasteiger partial charge on any atom is -0.488 e. The molecule has 2 rings (SSSR count). The van der Waals surface area contributed by atoms with E-state index in [1.165, 1.54) is 18.2 Å². The number of cyclic esters (lactones) is 1. The zero-order chi connectivity index (χ0) is 13.1. The van der Waals surface area contributed by atoms with Gasteiger partial charge < -0.3 is 14.8 Å². The summed E-state index contributed by atoms with van der Waals surface area (Å²) in [5.41, 5.74) is -0.0604. The Morgan fingerprint density at radius 1 is 1.61 bits per heavy atom. The van der Waals surface area contributed by atoms with E-state index in [1.54, 1.807) is 0 Å². The van der Waals surface area contributed by atoms with Gasteiger partial charge in [-0.2, -0.15) is 0 Å². The Kier molecular flexibility index (Phi) is 3.66. The van der Waals surface area contributed by atoms with E-state index in [1.807, 2.05) is 0 Å². The largest absolute Gasteiger partial charge is 0.488 e. The van der Waals surface area contributed by atoms with Crippen LogP contribution in [0.15, 0.2) is 22.7 Å². The predicted molar refractivity (Wildman–Crippen MR) is 64.6 cm³/mol. The van der Waals surface area contributed by atoms with Gasteiger partial charge in [-0.15, -0.1) is 0 Å². The molecule has 1 aliphatic heterocycles. The first kappa shape index (κ1) is 12.6. The molecule has 0 spiro atoms. The van der Waals surface area contributed by atoms with Crippen LogP contribution in [-0.4, -0.2) is 30.3 Å². The maximum Gasteiger partial charge on any atom is 0.407 e. The molecule has 1 aliphatic rings. The van der Waals surface area contributed by atoms with E-state index in [4.69, 9.17) is 9.47 Å². The third kappa shape index (κ3) is 2.89. The lowest BCUT2D eigenvalue weighted by Gasteiger charge is -2.11. The second kappa shape index (κ2) is 5.21. The zero-order valence-corrected chi connectivity index (χ0v) is 10.7. The Morgan fingerprint density at radius 2 is 2.39 bits per heavy atom. The van der Waals surface area contributed by atoms with E-state index < -0.39 is 11.0 Å². The van der Waals surface area contributed by atoms with Crippen LogP contribution < -0.4 is 10.1 Å². The number of ether oxygens (including phenoxy) is 2. The molecule has 8 heteroatoms. The van der Waals surface area contributed by atoms with Crippen LogP contribution in [0.3, 0.4) is 0 Å². The Bertz CT molecular complexity index is 493. The van der Waals surface area contributed by atoms with Crippen molar-refractivity contribution in [3.8, 4) is 5.75 Å². The second-order valence-corrected chi connectivity index (χ2v) is 4.45. The molecule has 0 radical (unpaired) electrons. The molecule has 0 saturated carbocycles. The van der Waals surface area contributed by atoms with E-state index in [0.717, 1.165) is 0 Å². The fourth-order valence-corrected chi connectivity index (χ4v) is 1.78. The lowest BCUT2D eigenvalue weighted by molar-refractivity contribution is -0.385. The number of hydrogen-bond acceptors (Lipinski definition) is 5. The van der Waals surface area contributed by atoms with E-state index in [0.29, 0.717) is 16.8 Å². The molecule has 0 aliphatic carbocycles. The van der Waals surface area contributed by atoms with Gasteiger partial charge >= 0.3 is 6.09 Å². The number of rotatable bonds is 4. The Labute approximate surface area is 110 Å². The number of amides is 1. The van der Waals surface area contributed by atoms with Crippen LogP contribution >= 0.6 is 15.9 Å². The fraction of sp³-hybridized carbons (Fsp3) is 0.300. The zero-order valence-electron chi connectivity index (χ0n) is 9.09. The van der Waals surface area contributed by atoms with Crippen molar-refractivity contribution in [2.45, 2.75) is 6.10 Å². The van der Waals surface area contributed by atoms with Crippen LogP contribution in [-0.2, 0) is 4.74 Å². The highest BCUT2D eigenvalue weighted by Gasteiger charge is 2.23. The number of carbonyl (C=O) groups excluding carboxylic acids is 1. The molecular formula is C10H9BrN2O5. The summed E-state index contributed by atoms with van der Waals surface area (Å²) in [6.45, 7) is 0.504. The van der Waals surface area contributed by atoms with Gasteiger partial charge in [-0.3, -0.25) is 10.1 Å². The molecular weight excluding hydrogens is 308 g/mol. The minimum atomic E-state index is -0.504. The number of nitro benzene ring substituents is 1. The van der Waals surface area contributed by atoms with Gasteiger partial charge in [0.25, 0.3) is 5.69 Å². The van der Waals surface area contributed by atoms with Crippen molar-refractivity contribution in [1.82, 2.24) is 5.32 Å². The van der Waals surface area contributed by atoms with Crippen molar-refractivity contribution in [3.05, 3.63) is 32.8 Å². The molecule has 0 bridgehead atoms. The van der Waals surface area contributed by atoms with Crippen LogP contribution in [0.5, 0.6) is 5.75 Å². The summed E-state index contributed by atoms with van der Waals surface area (Å²) in [5, 5.41) is 13.1. The first-order chi connectivity index (χ1) is 8.56. The van der Waals surface area contributed by atoms with Crippen molar-refractivity contribution in [2.75, 3.05) is 13.2 Å². The summed E-state index contributed by atoms with van der Waals surface area (Å²) >= 11 is 3.23. The standard InChI is InChI=1S/C10H9BrN2O5/c11-8-2-1-6(13(15)16)3-9(8)17-5-7-4-12-10(14)18-7/h1-3,7H,4-5H2,(H,12,14). The normalized spacial score (nSPS) is 18.1. The maximum atomic E-state index is 10.8. The summed E-state index contributed by atoms with van der Waals surface area (Å²) in [4.78, 5) is 20.9. The number of carbonyl (C=O) groups is 1. The molecule has 1 fully saturated rings. The summed E-state index contributed by atoms with van der Waals surface area (Å²) in [6, 6.07) is 4.22. The highest BCUT2D eigenvalue weighted by atomic mass is 79.9. The van der Waals surface area contributed by atoms with E-state index >= 15 is 0 Å². The quantitative estimate of drug-likeness (QED) is 0.676. The van der Waals surface area contributed by atoms with Crippen molar-refractivity contribution in [1.29, 1.82) is 0 Å². The molecule has 96 valence electrons. The monoisotopic (exact) mass is 316 g/mol. The lowest BCUT2D eigenvalue weighted by Crippen LogP contribution is -2.22. The second-order valence-electron chi connectivity index (χ2n) is 3.59. The van der Waals surface area contributed by atoms with Gasteiger partial charge in [0.05, 0.1) is 22.0 Å². The molecule has 1 atom stereocenters. The van der Waals surface area contributed by atoms with Gasteiger partial charge in [0.15, 0.2) is 6.10 Å². The van der Waals surface area contributed by atoms with Crippen molar-refractivity contribution >= 4 is 27.7 Å². The number of hydrogen-bond donors (Lipinski definition) is 1. The molecule has 1 amide bonds. The van der Waals surface area contributed by atoms with Gasteiger partial charge in [0, 0.05) is 6.07 Å². The fourth-order valence-electron chi connectivity index (χ4n) is 1.42. The molecule has 1 unspecified atom stereocenters. The molecule has 1 heterocycles. The first-order valence-corrected chi connectivity index (χ1v) is 5.87. The number of benzene rings is 1. The maximum absolute atomic E-state index is 10.8. The first-order valence-electron chi connectivity index (χ1n) is 5.07. The third-order valence-electron chi connectivity index (χ3n) is 2.30. The summed E-state index contributed by atoms with van der Waals surface area (Å²) < 4.78 is 10.9. The van der Waals surface area contributed by atoms with Crippen molar-refractivity contribution in [2.24, 2.45) is 0 Å². The number of nitro groups is 1. The number of nitrogens with zero attached hydrogens (tertiary/aromatic N) is 1. The van der Waals surface area contributed by atoms with Gasteiger partial charge in [-0.1, -0.05) is 0 Å². The number of non-ortho nitro benzene ring substituents is 1. The van der Waals surface area contributed by atoms with Crippen LogP contribution in [0.4, 0.5) is 10.5 Å². The molecule has 7 nitrogen and oxygen atoms in total. The van der Waals surface area contributed by atoms with Crippen LogP contribution in [0.1, 0.15) is 0 Å². The molecule has 1 N–H and O–H groups in total. The minimum absolute atomic E-state index is 0.0604. The average Bonchev–Trinajstić information content (AvgIpc) is 2.74. The van der Waals surface area contributed by atoms with E-state index in [2.05, 4.69) is 21.2 Å². The molecule has 0 aromatic heterocycles. The Balaban J connectivity index is 2.02. The molecule has 1 aromatic carbocycles. The lowest BCUT2D eigenvalue weighted by atomic mass is 10.3. The Hall–Kier alpha value is -1.83. The number of nitrogens with one attached hydrogen (secondary N) is 1. The van der Waals surface area contributed by atoms with Gasteiger partial charge in [-0.05, 0) is 22.0 Å². The SMILES string of the molecule is O=C1NCC(COc2cc([N+](=O)[O-])ccc2Br)O1. The molecule has 1 saturated heterocycles. The molecule has 1 aromatic rings. The summed E-state index contributed by atoms with van der Waals surface area (Å²) in [6.07, 6.45) is -0.870.